The van der Waals surface area contributed by atoms with E-state index in [9.17, 15) is 13.2 Å². The summed E-state index contributed by atoms with van der Waals surface area (Å²) in [5.74, 6) is 0.315. The Balaban J connectivity index is 1.94. The van der Waals surface area contributed by atoms with Crippen LogP contribution in [0.5, 0.6) is 5.75 Å². The molecule has 2 rings (SSSR count). The predicted octanol–water partition coefficient (Wildman–Crippen LogP) is 3.23. The van der Waals surface area contributed by atoms with E-state index in [1.807, 2.05) is 32.0 Å². The van der Waals surface area contributed by atoms with Gasteiger partial charge in [0.25, 0.3) is 0 Å². The summed E-state index contributed by atoms with van der Waals surface area (Å²) in [5.41, 5.74) is 3.40. The molecule has 0 spiro atoms. The number of benzene rings is 2. The second-order valence-corrected chi connectivity index (χ2v) is 8.99. The molecule has 0 saturated carbocycles. The van der Waals surface area contributed by atoms with Gasteiger partial charge in [0, 0.05) is 5.02 Å². The summed E-state index contributed by atoms with van der Waals surface area (Å²) in [5, 5.41) is 3.19. The Hall–Kier alpha value is -2.25. The van der Waals surface area contributed by atoms with Crippen LogP contribution in [0.1, 0.15) is 16.7 Å². The zero-order valence-electron chi connectivity index (χ0n) is 16.5. The fourth-order valence-corrected chi connectivity index (χ4v) is 3.77. The van der Waals surface area contributed by atoms with Gasteiger partial charge in [-0.05, 0) is 67.8 Å². The van der Waals surface area contributed by atoms with Crippen LogP contribution in [-0.2, 0) is 14.8 Å². The predicted molar refractivity (Wildman–Crippen MR) is 113 cm³/mol. The third-order valence-corrected chi connectivity index (χ3v) is 5.65. The van der Waals surface area contributed by atoms with E-state index >= 15 is 0 Å². The highest BCUT2D eigenvalue weighted by molar-refractivity contribution is 7.92. The number of sulfonamides is 1. The van der Waals surface area contributed by atoms with E-state index in [-0.39, 0.29) is 19.7 Å². The Kier molecular flexibility index (Phi) is 7.32. The smallest absolute Gasteiger partial charge is 0.240 e. The summed E-state index contributed by atoms with van der Waals surface area (Å²) in [4.78, 5) is 12.3. The van der Waals surface area contributed by atoms with Crippen LogP contribution in [0.3, 0.4) is 0 Å². The van der Waals surface area contributed by atoms with Crippen molar-refractivity contribution in [3.63, 3.8) is 0 Å². The number of nitrogens with zero attached hydrogens (tertiary/aromatic N) is 1. The molecular formula is C20H25ClN2O4S. The van der Waals surface area contributed by atoms with Crippen molar-refractivity contribution in [3.8, 4) is 5.75 Å². The fourth-order valence-electron chi connectivity index (χ4n) is 2.63. The molecule has 1 N–H and O–H groups in total. The molecule has 152 valence electrons. The maximum absolute atomic E-state index is 12.3. The molecule has 6 nitrogen and oxygen atoms in total. The van der Waals surface area contributed by atoms with Gasteiger partial charge < -0.3 is 10.1 Å². The number of carbonyl (C=O) groups is 1. The van der Waals surface area contributed by atoms with Crippen molar-refractivity contribution in [1.29, 1.82) is 0 Å². The van der Waals surface area contributed by atoms with E-state index in [4.69, 9.17) is 16.3 Å². The number of hydrogen-bond acceptors (Lipinski definition) is 4. The number of carbonyl (C=O) groups excluding carboxylic acids is 1. The molecule has 0 aliphatic heterocycles. The number of amides is 1. The van der Waals surface area contributed by atoms with Crippen LogP contribution in [0.15, 0.2) is 36.4 Å². The Morgan fingerprint density at radius 1 is 1.07 bits per heavy atom. The molecule has 0 heterocycles. The normalized spacial score (nSPS) is 11.2. The molecule has 2 aromatic carbocycles. The number of rotatable bonds is 8. The number of nitrogens with one attached hydrogen (secondary N) is 1. The first kappa shape index (κ1) is 22.0. The Morgan fingerprint density at radius 2 is 1.79 bits per heavy atom. The third-order valence-electron chi connectivity index (χ3n) is 4.29. The highest BCUT2D eigenvalue weighted by atomic mass is 35.5. The highest BCUT2D eigenvalue weighted by Crippen LogP contribution is 2.25. The van der Waals surface area contributed by atoms with Crippen molar-refractivity contribution in [3.05, 3.63) is 58.1 Å². The number of hydrogen-bond donors (Lipinski definition) is 1. The van der Waals surface area contributed by atoms with Crippen LogP contribution in [0.2, 0.25) is 5.02 Å². The summed E-state index contributed by atoms with van der Waals surface area (Å²) in [7, 11) is -3.63. The Bertz CT molecular complexity index is 961. The molecular weight excluding hydrogens is 400 g/mol. The van der Waals surface area contributed by atoms with Gasteiger partial charge in [0.2, 0.25) is 15.9 Å². The topological polar surface area (TPSA) is 75.7 Å². The van der Waals surface area contributed by atoms with Crippen molar-refractivity contribution in [2.75, 3.05) is 30.3 Å². The highest BCUT2D eigenvalue weighted by Gasteiger charge is 2.22. The molecule has 0 unspecified atom stereocenters. The lowest BCUT2D eigenvalue weighted by Crippen LogP contribution is -2.41. The number of aryl methyl sites for hydroxylation is 3. The molecule has 0 atom stereocenters. The van der Waals surface area contributed by atoms with E-state index in [0.717, 1.165) is 21.9 Å². The molecule has 2 aromatic rings. The lowest BCUT2D eigenvalue weighted by molar-refractivity contribution is -0.119. The zero-order valence-corrected chi connectivity index (χ0v) is 18.0. The summed E-state index contributed by atoms with van der Waals surface area (Å²) < 4.78 is 31.0. The van der Waals surface area contributed by atoms with Crippen LogP contribution >= 0.6 is 11.6 Å². The van der Waals surface area contributed by atoms with Gasteiger partial charge in [-0.15, -0.1) is 0 Å². The van der Waals surface area contributed by atoms with Gasteiger partial charge >= 0.3 is 0 Å². The van der Waals surface area contributed by atoms with Crippen molar-refractivity contribution in [2.24, 2.45) is 0 Å². The largest absolute Gasteiger partial charge is 0.492 e. The summed E-state index contributed by atoms with van der Waals surface area (Å²) in [6.07, 6.45) is 1.07. The van der Waals surface area contributed by atoms with Crippen molar-refractivity contribution < 1.29 is 17.9 Å². The van der Waals surface area contributed by atoms with E-state index in [1.165, 1.54) is 5.56 Å². The maximum atomic E-state index is 12.3. The van der Waals surface area contributed by atoms with E-state index in [0.29, 0.717) is 16.3 Å². The molecule has 0 aliphatic rings. The first-order chi connectivity index (χ1) is 13.1. The zero-order chi connectivity index (χ0) is 20.9. The average molecular weight is 425 g/mol. The molecule has 0 saturated heterocycles. The van der Waals surface area contributed by atoms with Crippen LogP contribution < -0.4 is 14.4 Å². The summed E-state index contributed by atoms with van der Waals surface area (Å²) in [6, 6.07) is 10.6. The summed E-state index contributed by atoms with van der Waals surface area (Å²) >= 11 is 5.93. The van der Waals surface area contributed by atoms with Gasteiger partial charge in [-0.1, -0.05) is 17.7 Å². The minimum Gasteiger partial charge on any atom is -0.492 e. The van der Waals surface area contributed by atoms with Gasteiger partial charge in [0.05, 0.1) is 18.5 Å². The first-order valence-electron chi connectivity index (χ1n) is 8.78. The fraction of sp³-hybridized carbons (Fsp3) is 0.350. The molecule has 0 radical (unpaired) electrons. The van der Waals surface area contributed by atoms with Crippen molar-refractivity contribution >= 4 is 33.2 Å². The van der Waals surface area contributed by atoms with Crippen LogP contribution in [0.4, 0.5) is 5.69 Å². The molecule has 8 heteroatoms. The first-order valence-corrected chi connectivity index (χ1v) is 11.0. The minimum atomic E-state index is -3.63. The second-order valence-electron chi connectivity index (χ2n) is 6.64. The lowest BCUT2D eigenvalue weighted by atomic mass is 10.1. The van der Waals surface area contributed by atoms with Gasteiger partial charge in [0.1, 0.15) is 18.9 Å². The lowest BCUT2D eigenvalue weighted by Gasteiger charge is -2.23. The molecule has 28 heavy (non-hydrogen) atoms. The van der Waals surface area contributed by atoms with Gasteiger partial charge in [-0.25, -0.2) is 8.42 Å². The maximum Gasteiger partial charge on any atom is 0.240 e. The monoisotopic (exact) mass is 424 g/mol. The molecule has 0 fully saturated rings. The molecule has 0 aliphatic carbocycles. The minimum absolute atomic E-state index is 0.267. The van der Waals surface area contributed by atoms with E-state index in [2.05, 4.69) is 5.32 Å². The molecule has 0 bridgehead atoms. The number of anilines is 1. The van der Waals surface area contributed by atoms with Crippen molar-refractivity contribution in [1.82, 2.24) is 5.32 Å². The number of halogens is 1. The van der Waals surface area contributed by atoms with Crippen LogP contribution in [0, 0.1) is 20.8 Å². The second kappa shape index (κ2) is 9.30. The van der Waals surface area contributed by atoms with E-state index in [1.54, 1.807) is 25.1 Å². The van der Waals surface area contributed by atoms with E-state index < -0.39 is 15.9 Å². The SMILES string of the molecule is Cc1ccc(OCCNC(=O)CN(c2ccc(Cl)cc2C)S(C)(=O)=O)cc1C. The quantitative estimate of drug-likeness (QED) is 0.660. The van der Waals surface area contributed by atoms with Crippen LogP contribution in [-0.4, -0.2) is 40.3 Å². The number of ether oxygens (including phenoxy) is 1. The Morgan fingerprint density at radius 3 is 2.39 bits per heavy atom. The Labute approximate surface area is 171 Å². The van der Waals surface area contributed by atoms with Gasteiger partial charge in [-0.3, -0.25) is 9.10 Å². The van der Waals surface area contributed by atoms with Crippen LogP contribution in [0.25, 0.3) is 0 Å². The van der Waals surface area contributed by atoms with Crippen molar-refractivity contribution in [2.45, 2.75) is 20.8 Å². The average Bonchev–Trinajstić information content (AvgIpc) is 2.59. The van der Waals surface area contributed by atoms with Gasteiger partial charge in [0.15, 0.2) is 0 Å². The van der Waals surface area contributed by atoms with Gasteiger partial charge in [-0.2, -0.15) is 0 Å². The summed E-state index contributed by atoms with van der Waals surface area (Å²) in [6.45, 7) is 6.01. The molecule has 1 amide bonds. The standard InChI is InChI=1S/C20H25ClN2O4S/c1-14-5-7-18(12-15(14)2)27-10-9-22-20(24)13-23(28(4,25)26)19-8-6-17(21)11-16(19)3/h5-8,11-12H,9-10,13H2,1-4H3,(H,22,24). The third kappa shape index (κ3) is 6.14. The molecule has 0 aromatic heterocycles.